The van der Waals surface area contributed by atoms with Gasteiger partial charge in [-0.25, -0.2) is 0 Å². The smallest absolute Gasteiger partial charge is 0.138 e. The summed E-state index contributed by atoms with van der Waals surface area (Å²) >= 11 is 12.4. The molecule has 2 nitrogen and oxygen atoms in total. The van der Waals surface area contributed by atoms with Crippen molar-refractivity contribution in [3.05, 3.63) is 27.2 Å². The largest absolute Gasteiger partial charge is 0.489 e. The Kier molecular flexibility index (Phi) is 4.18. The summed E-state index contributed by atoms with van der Waals surface area (Å²) in [6.07, 6.45) is 2.31. The van der Waals surface area contributed by atoms with E-state index in [-0.39, 0.29) is 6.10 Å². The number of hydrogen-bond donors (Lipinski definition) is 1. The van der Waals surface area contributed by atoms with Crippen molar-refractivity contribution < 1.29 is 4.74 Å². The van der Waals surface area contributed by atoms with E-state index in [1.54, 1.807) is 0 Å². The van der Waals surface area contributed by atoms with Crippen LogP contribution in [-0.4, -0.2) is 19.2 Å². The molecule has 1 fully saturated rings. The van der Waals surface area contributed by atoms with Crippen LogP contribution in [0.3, 0.4) is 0 Å². The van der Waals surface area contributed by atoms with Crippen molar-refractivity contribution in [1.82, 2.24) is 5.32 Å². The first-order valence-electron chi connectivity index (χ1n) is 5.92. The van der Waals surface area contributed by atoms with Gasteiger partial charge >= 0.3 is 0 Å². The zero-order valence-corrected chi connectivity index (χ0v) is 11.7. The number of benzene rings is 1. The highest BCUT2D eigenvalue weighted by Crippen LogP contribution is 2.36. The number of nitrogens with one attached hydrogen (secondary N) is 1. The van der Waals surface area contributed by atoms with Crippen LogP contribution < -0.4 is 10.1 Å². The summed E-state index contributed by atoms with van der Waals surface area (Å²) in [6.45, 7) is 5.91. The normalized spacial score (nSPS) is 17.2. The Bertz CT molecular complexity index is 414. The number of halogens is 2. The van der Waals surface area contributed by atoms with E-state index in [1.165, 1.54) is 0 Å². The highest BCUT2D eigenvalue weighted by molar-refractivity contribution is 6.37. The quantitative estimate of drug-likeness (QED) is 0.887. The Morgan fingerprint density at radius 3 is 2.47 bits per heavy atom. The Labute approximate surface area is 112 Å². The lowest BCUT2D eigenvalue weighted by Gasteiger charge is -2.25. The molecule has 17 heavy (non-hydrogen) atoms. The summed E-state index contributed by atoms with van der Waals surface area (Å²) < 4.78 is 5.97. The number of rotatable bonds is 2. The van der Waals surface area contributed by atoms with E-state index in [9.17, 15) is 0 Å². The van der Waals surface area contributed by atoms with Gasteiger partial charge in [0.2, 0.25) is 0 Å². The summed E-state index contributed by atoms with van der Waals surface area (Å²) in [5.41, 5.74) is 1.91. The molecule has 1 aromatic carbocycles. The zero-order valence-electron chi connectivity index (χ0n) is 10.1. The lowest BCUT2D eigenvalue weighted by molar-refractivity contribution is 0.162. The summed E-state index contributed by atoms with van der Waals surface area (Å²) in [4.78, 5) is 0. The minimum absolute atomic E-state index is 0.258. The second-order valence-electron chi connectivity index (χ2n) is 4.51. The van der Waals surface area contributed by atoms with Gasteiger partial charge in [0.25, 0.3) is 0 Å². The molecule has 0 aliphatic carbocycles. The molecule has 0 saturated carbocycles. The first-order chi connectivity index (χ1) is 8.09. The summed E-state index contributed by atoms with van der Waals surface area (Å²) in [6, 6.07) is 1.93. The van der Waals surface area contributed by atoms with Crippen molar-refractivity contribution in [1.29, 1.82) is 0 Å². The third-order valence-electron chi connectivity index (χ3n) is 3.15. The fourth-order valence-electron chi connectivity index (χ4n) is 2.08. The van der Waals surface area contributed by atoms with E-state index in [1.807, 2.05) is 19.9 Å². The lowest BCUT2D eigenvalue weighted by atomic mass is 10.1. The number of hydrogen-bond acceptors (Lipinski definition) is 2. The number of aryl methyl sites for hydroxylation is 1. The van der Waals surface area contributed by atoms with Gasteiger partial charge in [0, 0.05) is 5.02 Å². The molecule has 1 N–H and O–H groups in total. The van der Waals surface area contributed by atoms with Crippen LogP contribution >= 0.6 is 23.2 Å². The molecule has 0 bridgehead atoms. The summed E-state index contributed by atoms with van der Waals surface area (Å²) in [5, 5.41) is 4.68. The van der Waals surface area contributed by atoms with Gasteiger partial charge in [0.05, 0.1) is 5.02 Å². The minimum Gasteiger partial charge on any atom is -0.489 e. The summed E-state index contributed by atoms with van der Waals surface area (Å²) in [7, 11) is 0. The van der Waals surface area contributed by atoms with Crippen molar-refractivity contribution in [2.75, 3.05) is 13.1 Å². The molecule has 0 radical (unpaired) electrons. The van der Waals surface area contributed by atoms with E-state index < -0.39 is 0 Å². The maximum absolute atomic E-state index is 6.26. The molecule has 0 spiro atoms. The lowest BCUT2D eigenvalue weighted by Crippen LogP contribution is -2.34. The van der Waals surface area contributed by atoms with E-state index in [2.05, 4.69) is 5.32 Å². The third kappa shape index (κ3) is 2.87. The molecule has 1 aliphatic heterocycles. The first kappa shape index (κ1) is 13.0. The molecule has 0 aromatic heterocycles. The highest BCUT2D eigenvalue weighted by atomic mass is 35.5. The fraction of sp³-hybridized carbons (Fsp3) is 0.538. The van der Waals surface area contributed by atoms with Crippen molar-refractivity contribution in [2.45, 2.75) is 32.8 Å². The van der Waals surface area contributed by atoms with Crippen LogP contribution in [0.5, 0.6) is 5.75 Å². The molecule has 1 saturated heterocycles. The second-order valence-corrected chi connectivity index (χ2v) is 5.27. The first-order valence-corrected chi connectivity index (χ1v) is 6.67. The molecule has 0 amide bonds. The monoisotopic (exact) mass is 273 g/mol. The Morgan fingerprint density at radius 1 is 1.18 bits per heavy atom. The Hall–Kier alpha value is -0.440. The predicted molar refractivity (Wildman–Crippen MR) is 72.5 cm³/mol. The van der Waals surface area contributed by atoms with Gasteiger partial charge in [-0.15, -0.1) is 0 Å². The van der Waals surface area contributed by atoms with Gasteiger partial charge in [0.1, 0.15) is 11.9 Å². The Balaban J connectivity index is 2.20. The summed E-state index contributed by atoms with van der Waals surface area (Å²) in [5.74, 6) is 0.762. The topological polar surface area (TPSA) is 21.3 Å². The van der Waals surface area contributed by atoms with E-state index >= 15 is 0 Å². The van der Waals surface area contributed by atoms with Crippen LogP contribution in [0.15, 0.2) is 6.07 Å². The number of ether oxygens (including phenoxy) is 1. The van der Waals surface area contributed by atoms with E-state index in [0.717, 1.165) is 47.8 Å². The minimum atomic E-state index is 0.258. The molecule has 2 rings (SSSR count). The molecule has 1 aliphatic rings. The van der Waals surface area contributed by atoms with Gasteiger partial charge in [-0.2, -0.15) is 0 Å². The van der Waals surface area contributed by atoms with Gasteiger partial charge in [0.15, 0.2) is 0 Å². The highest BCUT2D eigenvalue weighted by Gasteiger charge is 2.18. The molecular weight excluding hydrogens is 257 g/mol. The van der Waals surface area contributed by atoms with Gasteiger partial charge in [-0.05, 0) is 57.0 Å². The van der Waals surface area contributed by atoms with Crippen molar-refractivity contribution in [3.63, 3.8) is 0 Å². The maximum Gasteiger partial charge on any atom is 0.138 e. The molecule has 1 heterocycles. The predicted octanol–water partition coefficient (Wildman–Crippen LogP) is 3.74. The average Bonchev–Trinajstić information content (AvgIpc) is 2.35. The third-order valence-corrected chi connectivity index (χ3v) is 4.20. The van der Waals surface area contributed by atoms with E-state index in [0.29, 0.717) is 5.02 Å². The van der Waals surface area contributed by atoms with Crippen molar-refractivity contribution >= 4 is 23.2 Å². The SMILES string of the molecule is Cc1cc(OC2CCNCC2)c(Cl)c(C)c1Cl. The Morgan fingerprint density at radius 2 is 1.82 bits per heavy atom. The van der Waals surface area contributed by atoms with Crippen LogP contribution in [0.25, 0.3) is 0 Å². The van der Waals surface area contributed by atoms with Crippen LogP contribution in [0, 0.1) is 13.8 Å². The molecule has 0 unspecified atom stereocenters. The molecule has 94 valence electrons. The van der Waals surface area contributed by atoms with Crippen LogP contribution in [0.1, 0.15) is 24.0 Å². The zero-order chi connectivity index (χ0) is 12.4. The van der Waals surface area contributed by atoms with Gasteiger partial charge in [-0.3, -0.25) is 0 Å². The molecule has 4 heteroatoms. The second kappa shape index (κ2) is 5.47. The number of piperidine rings is 1. The van der Waals surface area contributed by atoms with Crippen LogP contribution in [0.4, 0.5) is 0 Å². The molecule has 0 atom stereocenters. The van der Waals surface area contributed by atoms with Crippen LogP contribution in [-0.2, 0) is 0 Å². The molecular formula is C13H17Cl2NO. The van der Waals surface area contributed by atoms with Crippen molar-refractivity contribution in [2.24, 2.45) is 0 Å². The molecule has 1 aromatic rings. The van der Waals surface area contributed by atoms with Crippen molar-refractivity contribution in [3.8, 4) is 5.75 Å². The maximum atomic E-state index is 6.26. The average molecular weight is 274 g/mol. The van der Waals surface area contributed by atoms with Gasteiger partial charge < -0.3 is 10.1 Å². The van der Waals surface area contributed by atoms with Gasteiger partial charge in [-0.1, -0.05) is 23.2 Å². The van der Waals surface area contributed by atoms with Crippen LogP contribution in [0.2, 0.25) is 10.0 Å². The van der Waals surface area contributed by atoms with E-state index in [4.69, 9.17) is 27.9 Å². The standard InChI is InChI=1S/C13H17Cl2NO/c1-8-7-11(13(15)9(2)12(8)14)17-10-3-5-16-6-4-10/h7,10,16H,3-6H2,1-2H3. The fourth-order valence-corrected chi connectivity index (χ4v) is 2.47.